The highest BCUT2D eigenvalue weighted by molar-refractivity contribution is 9.10. The Hall–Kier alpha value is -0.610. The van der Waals surface area contributed by atoms with Crippen LogP contribution in [-0.4, -0.2) is 27.5 Å². The van der Waals surface area contributed by atoms with Crippen molar-refractivity contribution in [1.82, 2.24) is 14.5 Å². The van der Waals surface area contributed by atoms with Gasteiger partial charge in [-0.05, 0) is 15.9 Å². The molecule has 3 nitrogen and oxygen atoms in total. The van der Waals surface area contributed by atoms with Crippen LogP contribution in [0.4, 0.5) is 0 Å². The monoisotopic (exact) mass is 241 g/mol. The van der Waals surface area contributed by atoms with E-state index in [4.69, 9.17) is 0 Å². The van der Waals surface area contributed by atoms with Crippen LogP contribution < -0.4 is 0 Å². The maximum atomic E-state index is 4.33. The van der Waals surface area contributed by atoms with E-state index in [2.05, 4.69) is 37.0 Å². The highest BCUT2D eigenvalue weighted by atomic mass is 79.9. The van der Waals surface area contributed by atoms with Crippen LogP contribution in [0.3, 0.4) is 0 Å². The number of nitrogens with zero attached hydrogens (tertiary/aromatic N) is 3. The molecule has 0 aromatic carbocycles. The first kappa shape index (κ1) is 8.97. The van der Waals surface area contributed by atoms with Crippen molar-refractivity contribution in [2.45, 2.75) is 13.1 Å². The molecule has 0 N–H and O–H groups in total. The van der Waals surface area contributed by atoms with Gasteiger partial charge in [0.25, 0.3) is 0 Å². The zero-order chi connectivity index (χ0) is 9.26. The van der Waals surface area contributed by atoms with Crippen LogP contribution in [0.2, 0.25) is 0 Å². The Morgan fingerprint density at radius 1 is 1.62 bits per heavy atom. The Labute approximate surface area is 86.2 Å². The normalized spacial score (nSPS) is 17.0. The molecular weight excluding hydrogens is 230 g/mol. The molecule has 2 heterocycles. The second kappa shape index (κ2) is 3.64. The third-order valence-corrected chi connectivity index (χ3v) is 2.91. The van der Waals surface area contributed by atoms with Crippen LogP contribution in [-0.2, 0) is 13.1 Å². The molecule has 2 rings (SSSR count). The summed E-state index contributed by atoms with van der Waals surface area (Å²) in [5.41, 5.74) is 0. The van der Waals surface area contributed by atoms with E-state index in [-0.39, 0.29) is 0 Å². The lowest BCUT2D eigenvalue weighted by molar-refractivity contribution is 0.238. The van der Waals surface area contributed by atoms with E-state index in [0.29, 0.717) is 0 Å². The van der Waals surface area contributed by atoms with E-state index in [1.807, 2.05) is 12.3 Å². The average molecular weight is 242 g/mol. The van der Waals surface area contributed by atoms with Gasteiger partial charge in [-0.2, -0.15) is 0 Å². The van der Waals surface area contributed by atoms with Gasteiger partial charge in [0.2, 0.25) is 0 Å². The van der Waals surface area contributed by atoms with Gasteiger partial charge >= 0.3 is 0 Å². The van der Waals surface area contributed by atoms with E-state index in [1.54, 1.807) is 0 Å². The van der Waals surface area contributed by atoms with Gasteiger partial charge in [-0.15, -0.1) is 6.58 Å². The molecule has 0 aliphatic carbocycles. The molecule has 0 atom stereocenters. The minimum Gasteiger partial charge on any atom is -0.320 e. The van der Waals surface area contributed by atoms with Crippen LogP contribution >= 0.6 is 15.9 Å². The number of hydrogen-bond acceptors (Lipinski definition) is 2. The van der Waals surface area contributed by atoms with Crippen LogP contribution in [0, 0.1) is 0 Å². The fraction of sp³-hybridized carbons (Fsp3) is 0.444. The molecule has 0 radical (unpaired) electrons. The van der Waals surface area contributed by atoms with Crippen LogP contribution in [0.25, 0.3) is 0 Å². The van der Waals surface area contributed by atoms with Crippen molar-refractivity contribution in [3.05, 3.63) is 29.3 Å². The number of imidazole rings is 1. The minimum absolute atomic E-state index is 0.928. The summed E-state index contributed by atoms with van der Waals surface area (Å²) in [5, 5.41) is 0. The van der Waals surface area contributed by atoms with E-state index in [0.717, 1.165) is 36.6 Å². The largest absolute Gasteiger partial charge is 0.320 e. The van der Waals surface area contributed by atoms with Gasteiger partial charge in [-0.3, -0.25) is 4.90 Å². The second-order valence-corrected chi connectivity index (χ2v) is 3.99. The van der Waals surface area contributed by atoms with Crippen molar-refractivity contribution in [2.75, 3.05) is 13.1 Å². The molecular formula is C9H12BrN3. The molecule has 1 aliphatic rings. The van der Waals surface area contributed by atoms with Crippen LogP contribution in [0.15, 0.2) is 23.5 Å². The number of aromatic nitrogens is 2. The average Bonchev–Trinajstić information content (AvgIpc) is 2.48. The van der Waals surface area contributed by atoms with Crippen molar-refractivity contribution in [1.29, 1.82) is 0 Å². The highest BCUT2D eigenvalue weighted by Gasteiger charge is 2.17. The number of rotatable bonds is 2. The smallest absolute Gasteiger partial charge is 0.123 e. The summed E-state index contributed by atoms with van der Waals surface area (Å²) < 4.78 is 3.29. The van der Waals surface area contributed by atoms with Crippen molar-refractivity contribution < 1.29 is 0 Å². The zero-order valence-corrected chi connectivity index (χ0v) is 9.00. The van der Waals surface area contributed by atoms with Crippen LogP contribution in [0.1, 0.15) is 5.82 Å². The minimum atomic E-state index is 0.928. The first-order valence-electron chi connectivity index (χ1n) is 4.34. The third-order valence-electron chi connectivity index (χ3n) is 2.28. The maximum Gasteiger partial charge on any atom is 0.123 e. The van der Waals surface area contributed by atoms with Crippen molar-refractivity contribution in [2.24, 2.45) is 0 Å². The Balaban J connectivity index is 2.15. The fourth-order valence-corrected chi connectivity index (χ4v) is 2.10. The molecule has 0 saturated heterocycles. The van der Waals surface area contributed by atoms with E-state index >= 15 is 0 Å². The summed E-state index contributed by atoms with van der Waals surface area (Å²) in [6.07, 6.45) is 3.81. The topological polar surface area (TPSA) is 21.1 Å². The fourth-order valence-electron chi connectivity index (χ4n) is 1.61. The van der Waals surface area contributed by atoms with Crippen molar-refractivity contribution in [3.8, 4) is 0 Å². The molecule has 0 saturated carbocycles. The Morgan fingerprint density at radius 2 is 2.46 bits per heavy atom. The lowest BCUT2D eigenvalue weighted by Crippen LogP contribution is -2.33. The van der Waals surface area contributed by atoms with E-state index in [1.165, 1.54) is 0 Å². The summed E-state index contributed by atoms with van der Waals surface area (Å²) in [7, 11) is 0. The van der Waals surface area contributed by atoms with Gasteiger partial charge in [-0.25, -0.2) is 4.98 Å². The zero-order valence-electron chi connectivity index (χ0n) is 7.41. The molecule has 13 heavy (non-hydrogen) atoms. The summed E-state index contributed by atoms with van der Waals surface area (Å²) in [4.78, 5) is 6.66. The Morgan fingerprint density at radius 3 is 3.23 bits per heavy atom. The predicted octanol–water partition coefficient (Wildman–Crippen LogP) is 1.65. The lowest BCUT2D eigenvalue weighted by Gasteiger charge is -2.26. The van der Waals surface area contributed by atoms with Gasteiger partial charge in [0.05, 0.1) is 12.7 Å². The van der Waals surface area contributed by atoms with Gasteiger partial charge in [0.1, 0.15) is 10.4 Å². The standard InChI is InChI=1S/C9H12BrN3/c1-2-3-12-4-5-13-8(10)6-11-9(13)7-12/h2,6H,1,3-5,7H2. The summed E-state index contributed by atoms with van der Waals surface area (Å²) >= 11 is 3.47. The Kier molecular flexibility index (Phi) is 2.51. The SMILES string of the molecule is C=CCN1CCn2c(Br)cnc2C1. The second-order valence-electron chi connectivity index (χ2n) is 3.17. The van der Waals surface area contributed by atoms with Gasteiger partial charge in [0, 0.05) is 19.6 Å². The summed E-state index contributed by atoms with van der Waals surface area (Å²) in [5.74, 6) is 1.14. The van der Waals surface area contributed by atoms with Gasteiger partial charge in [-0.1, -0.05) is 6.08 Å². The molecule has 0 amide bonds. The predicted molar refractivity (Wildman–Crippen MR) is 55.4 cm³/mol. The molecule has 0 unspecified atom stereocenters. The molecule has 0 fully saturated rings. The number of fused-ring (bicyclic) bond motifs is 1. The quantitative estimate of drug-likeness (QED) is 0.735. The molecule has 0 spiro atoms. The third kappa shape index (κ3) is 1.69. The van der Waals surface area contributed by atoms with E-state index in [9.17, 15) is 0 Å². The molecule has 4 heteroatoms. The first-order chi connectivity index (χ1) is 6.31. The van der Waals surface area contributed by atoms with Gasteiger partial charge in [0.15, 0.2) is 0 Å². The number of hydrogen-bond donors (Lipinski definition) is 0. The van der Waals surface area contributed by atoms with Crippen molar-refractivity contribution in [3.63, 3.8) is 0 Å². The number of halogens is 1. The highest BCUT2D eigenvalue weighted by Crippen LogP contribution is 2.17. The maximum absolute atomic E-state index is 4.33. The Bertz CT molecular complexity index is 319. The van der Waals surface area contributed by atoms with Gasteiger partial charge < -0.3 is 4.57 Å². The summed E-state index contributed by atoms with van der Waals surface area (Å²) in [6, 6.07) is 0. The lowest BCUT2D eigenvalue weighted by atomic mass is 10.3. The van der Waals surface area contributed by atoms with E-state index < -0.39 is 0 Å². The van der Waals surface area contributed by atoms with Crippen molar-refractivity contribution >= 4 is 15.9 Å². The first-order valence-corrected chi connectivity index (χ1v) is 5.13. The summed E-state index contributed by atoms with van der Waals surface area (Å²) in [6.45, 7) is 7.71. The molecule has 1 aliphatic heterocycles. The molecule has 0 bridgehead atoms. The van der Waals surface area contributed by atoms with Crippen LogP contribution in [0.5, 0.6) is 0 Å². The molecule has 70 valence electrons. The molecule has 1 aromatic rings. The molecule has 1 aromatic heterocycles.